The molecule has 0 saturated carbocycles. The highest BCUT2D eigenvalue weighted by molar-refractivity contribution is 6.31. The lowest BCUT2D eigenvalue weighted by Gasteiger charge is -2.30. The molecule has 2 aromatic carbocycles. The van der Waals surface area contributed by atoms with Crippen LogP contribution in [0, 0.1) is 12.8 Å². The van der Waals surface area contributed by atoms with Crippen molar-refractivity contribution in [1.82, 2.24) is 15.0 Å². The summed E-state index contributed by atoms with van der Waals surface area (Å²) in [6.07, 6.45) is 1.00. The van der Waals surface area contributed by atoms with Gasteiger partial charge in [0.15, 0.2) is 0 Å². The molecule has 0 bridgehead atoms. The Morgan fingerprint density at radius 3 is 2.53 bits per heavy atom. The van der Waals surface area contributed by atoms with Crippen molar-refractivity contribution in [3.63, 3.8) is 0 Å². The van der Waals surface area contributed by atoms with Crippen LogP contribution in [0.1, 0.15) is 50.3 Å². The highest BCUT2D eigenvalue weighted by Crippen LogP contribution is 2.25. The minimum absolute atomic E-state index is 0.0317. The molecule has 0 saturated heterocycles. The van der Waals surface area contributed by atoms with Crippen molar-refractivity contribution in [2.24, 2.45) is 5.92 Å². The van der Waals surface area contributed by atoms with Gasteiger partial charge in [-0.1, -0.05) is 73.1 Å². The minimum atomic E-state index is -0.0317. The number of benzene rings is 2. The number of nitrogens with zero attached hydrogens (tertiary/aromatic N) is 3. The van der Waals surface area contributed by atoms with Crippen LogP contribution < -0.4 is 0 Å². The van der Waals surface area contributed by atoms with Gasteiger partial charge in [-0.25, -0.2) is 0 Å². The second kappa shape index (κ2) is 9.90. The van der Waals surface area contributed by atoms with Gasteiger partial charge in [0.2, 0.25) is 17.6 Å². The van der Waals surface area contributed by atoms with Crippen molar-refractivity contribution in [3.05, 3.63) is 70.6 Å². The van der Waals surface area contributed by atoms with Gasteiger partial charge >= 0.3 is 0 Å². The first kappa shape index (κ1) is 22.0. The van der Waals surface area contributed by atoms with E-state index in [1.165, 1.54) is 0 Å². The maximum Gasteiger partial charge on any atom is 0.228 e. The van der Waals surface area contributed by atoms with Gasteiger partial charge in [0.05, 0.1) is 6.04 Å². The van der Waals surface area contributed by atoms with E-state index in [9.17, 15) is 4.79 Å². The number of amides is 1. The minimum Gasteiger partial charge on any atom is -0.339 e. The van der Waals surface area contributed by atoms with Crippen molar-refractivity contribution in [2.75, 3.05) is 6.54 Å². The summed E-state index contributed by atoms with van der Waals surface area (Å²) in [7, 11) is 0. The van der Waals surface area contributed by atoms with Crippen LogP contribution in [0.15, 0.2) is 53.1 Å². The van der Waals surface area contributed by atoms with Crippen molar-refractivity contribution in [1.29, 1.82) is 0 Å². The highest BCUT2D eigenvalue weighted by atomic mass is 35.5. The molecule has 1 heterocycles. The Morgan fingerprint density at radius 2 is 1.87 bits per heavy atom. The molecule has 1 aromatic heterocycles. The fourth-order valence-corrected chi connectivity index (χ4v) is 3.51. The number of halogens is 1. The number of aromatic nitrogens is 2. The van der Waals surface area contributed by atoms with E-state index >= 15 is 0 Å². The first-order valence-electron chi connectivity index (χ1n) is 10.3. The lowest BCUT2D eigenvalue weighted by molar-refractivity contribution is -0.134. The summed E-state index contributed by atoms with van der Waals surface area (Å²) in [5.41, 5.74) is 2.92. The molecule has 0 radical (unpaired) electrons. The zero-order valence-electron chi connectivity index (χ0n) is 17.9. The van der Waals surface area contributed by atoms with Crippen LogP contribution in [0.25, 0.3) is 11.4 Å². The Morgan fingerprint density at radius 1 is 1.13 bits per heavy atom. The van der Waals surface area contributed by atoms with Gasteiger partial charge in [0.1, 0.15) is 0 Å². The fraction of sp³-hybridized carbons (Fsp3) is 0.375. The molecule has 1 amide bonds. The smallest absolute Gasteiger partial charge is 0.228 e. The van der Waals surface area contributed by atoms with E-state index in [0.717, 1.165) is 16.7 Å². The topological polar surface area (TPSA) is 59.2 Å². The summed E-state index contributed by atoms with van der Waals surface area (Å²) < 4.78 is 5.44. The van der Waals surface area contributed by atoms with E-state index in [1.807, 2.05) is 60.4 Å². The number of rotatable bonds is 8. The lowest BCUT2D eigenvalue weighted by atomic mass is 10.0. The summed E-state index contributed by atoms with van der Waals surface area (Å²) in [4.78, 5) is 19.3. The van der Waals surface area contributed by atoms with Crippen molar-refractivity contribution in [3.8, 4) is 11.4 Å². The van der Waals surface area contributed by atoms with Crippen LogP contribution in [-0.2, 0) is 11.2 Å². The molecule has 6 heteroatoms. The van der Waals surface area contributed by atoms with E-state index in [4.69, 9.17) is 16.1 Å². The molecule has 0 spiro atoms. The van der Waals surface area contributed by atoms with Gasteiger partial charge in [-0.15, -0.1) is 0 Å². The zero-order valence-corrected chi connectivity index (χ0v) is 18.7. The standard InChI is InChI=1S/C24H28ClN3O2/c1-16(2)14-23(29)28(18(4)19-8-6-5-7-9-19)13-12-22-26-24(27-30-22)20-11-10-17(3)21(25)15-20/h5-11,15-16,18H,12-14H2,1-4H3/t18-/m1/s1. The van der Waals surface area contributed by atoms with Crippen LogP contribution in [-0.4, -0.2) is 27.5 Å². The lowest BCUT2D eigenvalue weighted by Crippen LogP contribution is -2.36. The molecule has 0 aliphatic rings. The van der Waals surface area contributed by atoms with Crippen LogP contribution >= 0.6 is 11.6 Å². The molecule has 5 nitrogen and oxygen atoms in total. The molecule has 0 aliphatic carbocycles. The number of carbonyl (C=O) groups is 1. The molecule has 0 unspecified atom stereocenters. The van der Waals surface area contributed by atoms with Crippen molar-refractivity contribution in [2.45, 2.75) is 46.6 Å². The summed E-state index contributed by atoms with van der Waals surface area (Å²) in [6, 6.07) is 15.7. The van der Waals surface area contributed by atoms with E-state index in [-0.39, 0.29) is 11.9 Å². The molecular formula is C24H28ClN3O2. The molecule has 3 aromatic rings. The maximum absolute atomic E-state index is 12.9. The predicted octanol–water partition coefficient (Wildman–Crippen LogP) is 5.88. The Balaban J connectivity index is 1.74. The monoisotopic (exact) mass is 425 g/mol. The Bertz CT molecular complexity index is 985. The summed E-state index contributed by atoms with van der Waals surface area (Å²) in [5, 5.41) is 4.75. The van der Waals surface area contributed by atoms with Crippen LogP contribution in [0.5, 0.6) is 0 Å². The molecule has 1 atom stereocenters. The molecule has 0 N–H and O–H groups in total. The molecule has 158 valence electrons. The molecular weight excluding hydrogens is 398 g/mol. The highest BCUT2D eigenvalue weighted by Gasteiger charge is 2.23. The van der Waals surface area contributed by atoms with E-state index in [2.05, 4.69) is 30.9 Å². The average molecular weight is 426 g/mol. The molecule has 3 rings (SSSR count). The largest absolute Gasteiger partial charge is 0.339 e. The zero-order chi connectivity index (χ0) is 21.7. The van der Waals surface area contributed by atoms with Crippen molar-refractivity contribution >= 4 is 17.5 Å². The van der Waals surface area contributed by atoms with Gasteiger partial charge in [-0.3, -0.25) is 4.79 Å². The van der Waals surface area contributed by atoms with Crippen LogP contribution in [0.2, 0.25) is 5.02 Å². The van der Waals surface area contributed by atoms with Crippen LogP contribution in [0.3, 0.4) is 0 Å². The van der Waals surface area contributed by atoms with Crippen molar-refractivity contribution < 1.29 is 9.32 Å². The summed E-state index contributed by atoms with van der Waals surface area (Å²) in [5.74, 6) is 1.43. The Hall–Kier alpha value is -2.66. The predicted molar refractivity (Wildman–Crippen MR) is 119 cm³/mol. The van der Waals surface area contributed by atoms with Gasteiger partial charge in [-0.05, 0) is 37.0 Å². The number of aryl methyl sites for hydroxylation is 1. The van der Waals surface area contributed by atoms with Gasteiger partial charge in [0, 0.05) is 30.0 Å². The number of hydrogen-bond acceptors (Lipinski definition) is 4. The van der Waals surface area contributed by atoms with E-state index in [0.29, 0.717) is 42.0 Å². The normalized spacial score (nSPS) is 12.2. The Labute approximate surface area is 183 Å². The first-order valence-corrected chi connectivity index (χ1v) is 10.7. The second-order valence-electron chi connectivity index (χ2n) is 8.00. The third-order valence-electron chi connectivity index (χ3n) is 5.12. The molecule has 0 fully saturated rings. The maximum atomic E-state index is 12.9. The number of hydrogen-bond donors (Lipinski definition) is 0. The average Bonchev–Trinajstić information content (AvgIpc) is 3.19. The van der Waals surface area contributed by atoms with Gasteiger partial charge in [0.25, 0.3) is 0 Å². The first-order chi connectivity index (χ1) is 14.3. The second-order valence-corrected chi connectivity index (χ2v) is 8.40. The van der Waals surface area contributed by atoms with Gasteiger partial charge < -0.3 is 9.42 Å². The molecule has 30 heavy (non-hydrogen) atoms. The third kappa shape index (κ3) is 5.48. The Kier molecular flexibility index (Phi) is 7.27. The fourth-order valence-electron chi connectivity index (χ4n) is 3.33. The third-order valence-corrected chi connectivity index (χ3v) is 5.52. The van der Waals surface area contributed by atoms with E-state index < -0.39 is 0 Å². The number of carbonyl (C=O) groups excluding carboxylic acids is 1. The van der Waals surface area contributed by atoms with Crippen LogP contribution in [0.4, 0.5) is 0 Å². The quantitative estimate of drug-likeness (QED) is 0.452. The molecule has 0 aliphatic heterocycles. The summed E-state index contributed by atoms with van der Waals surface area (Å²) >= 11 is 6.21. The van der Waals surface area contributed by atoms with E-state index in [1.54, 1.807) is 0 Å². The summed E-state index contributed by atoms with van der Waals surface area (Å²) in [6.45, 7) is 8.63. The van der Waals surface area contributed by atoms with Gasteiger partial charge in [-0.2, -0.15) is 4.98 Å². The SMILES string of the molecule is Cc1ccc(-c2noc(CCN(C(=O)CC(C)C)[C@H](C)c3ccccc3)n2)cc1Cl.